The van der Waals surface area contributed by atoms with Crippen molar-refractivity contribution >= 4 is 0 Å². The van der Waals surface area contributed by atoms with Gasteiger partial charge in [0, 0.05) is 5.41 Å². The van der Waals surface area contributed by atoms with Crippen LogP contribution >= 0.6 is 0 Å². The van der Waals surface area contributed by atoms with Gasteiger partial charge in [-0.1, -0.05) is 38.8 Å². The van der Waals surface area contributed by atoms with Gasteiger partial charge in [-0.3, -0.25) is 0 Å². The van der Waals surface area contributed by atoms with Crippen molar-refractivity contribution in [1.82, 2.24) is 0 Å². The molecule has 2 N–H and O–H groups in total. The fraction of sp³-hybridized carbons (Fsp3) is 0.789. The van der Waals surface area contributed by atoms with Crippen LogP contribution in [0.2, 0.25) is 0 Å². The average molecular weight is 290 g/mol. The highest BCUT2D eigenvalue weighted by Crippen LogP contribution is 2.56. The minimum Gasteiger partial charge on any atom is -0.385 e. The zero-order valence-electron chi connectivity index (χ0n) is 13.9. The summed E-state index contributed by atoms with van der Waals surface area (Å²) in [4.78, 5) is 0. The van der Waals surface area contributed by atoms with Crippen molar-refractivity contribution in [2.24, 2.45) is 23.2 Å². The molecular formula is C19H30O2. The van der Waals surface area contributed by atoms with E-state index in [-0.39, 0.29) is 11.3 Å². The summed E-state index contributed by atoms with van der Waals surface area (Å²) in [6, 6.07) is 0. The molecule has 0 bridgehead atoms. The molecule has 2 heteroatoms. The van der Waals surface area contributed by atoms with Crippen molar-refractivity contribution in [3.05, 3.63) is 12.2 Å². The number of allylic oxidation sites excluding steroid dienone is 1. The molecule has 2 fully saturated rings. The second kappa shape index (κ2) is 6.15. The van der Waals surface area contributed by atoms with Gasteiger partial charge in [0.15, 0.2) is 0 Å². The maximum atomic E-state index is 11.5. The Kier molecular flexibility index (Phi) is 4.85. The number of hydrogen-bond donors (Lipinski definition) is 2. The van der Waals surface area contributed by atoms with Crippen LogP contribution in [-0.4, -0.2) is 21.9 Å². The molecule has 2 aliphatic carbocycles. The van der Waals surface area contributed by atoms with E-state index in [1.54, 1.807) is 6.92 Å². The Morgan fingerprint density at radius 3 is 2.48 bits per heavy atom. The molecule has 0 aromatic carbocycles. The lowest BCUT2D eigenvalue weighted by Crippen LogP contribution is -2.48. The first kappa shape index (κ1) is 16.6. The summed E-state index contributed by atoms with van der Waals surface area (Å²) in [5.41, 5.74) is -1.11. The van der Waals surface area contributed by atoms with Crippen LogP contribution in [0.1, 0.15) is 59.8 Å². The molecule has 2 rings (SSSR count). The Morgan fingerprint density at radius 1 is 1.29 bits per heavy atom. The first-order chi connectivity index (χ1) is 9.82. The van der Waals surface area contributed by atoms with E-state index in [9.17, 15) is 10.2 Å². The van der Waals surface area contributed by atoms with Gasteiger partial charge in [0.1, 0.15) is 6.10 Å². The van der Waals surface area contributed by atoms with E-state index in [2.05, 4.69) is 44.8 Å². The lowest BCUT2D eigenvalue weighted by molar-refractivity contribution is -0.0674. The average Bonchev–Trinajstić information content (AvgIpc) is 3.16. The molecule has 0 saturated heterocycles. The Morgan fingerprint density at radius 2 is 1.95 bits per heavy atom. The highest BCUT2D eigenvalue weighted by atomic mass is 16.3. The molecule has 0 spiro atoms. The van der Waals surface area contributed by atoms with Gasteiger partial charge < -0.3 is 10.2 Å². The third-order valence-electron chi connectivity index (χ3n) is 5.54. The molecule has 2 nitrogen and oxygen atoms in total. The van der Waals surface area contributed by atoms with Gasteiger partial charge in [-0.15, -0.1) is 5.92 Å². The molecule has 0 amide bonds. The lowest BCUT2D eigenvalue weighted by Gasteiger charge is -2.43. The third-order valence-corrected chi connectivity index (χ3v) is 5.54. The van der Waals surface area contributed by atoms with Crippen LogP contribution in [-0.2, 0) is 0 Å². The molecule has 0 aliphatic heterocycles. The van der Waals surface area contributed by atoms with E-state index in [0.717, 1.165) is 12.8 Å². The molecule has 1 unspecified atom stereocenters. The summed E-state index contributed by atoms with van der Waals surface area (Å²) in [5, 5.41) is 21.6. The fourth-order valence-electron chi connectivity index (χ4n) is 3.99. The maximum Gasteiger partial charge on any atom is 0.115 e. The smallest absolute Gasteiger partial charge is 0.115 e. The Labute approximate surface area is 129 Å². The number of aliphatic hydroxyl groups is 2. The van der Waals surface area contributed by atoms with Crippen molar-refractivity contribution in [2.75, 3.05) is 0 Å². The zero-order chi connectivity index (χ0) is 15.7. The Hall–Kier alpha value is -0.780. The number of aliphatic hydroxyl groups excluding tert-OH is 1. The third kappa shape index (κ3) is 3.35. The van der Waals surface area contributed by atoms with Gasteiger partial charge in [-0.2, -0.15) is 0 Å². The van der Waals surface area contributed by atoms with Crippen LogP contribution in [0, 0.1) is 35.0 Å². The van der Waals surface area contributed by atoms with E-state index in [4.69, 9.17) is 0 Å². The van der Waals surface area contributed by atoms with Gasteiger partial charge in [0.2, 0.25) is 0 Å². The summed E-state index contributed by atoms with van der Waals surface area (Å²) in [5.74, 6) is 6.97. The Balaban J connectivity index is 2.26. The standard InChI is InChI=1S/C19H30O2/c1-5-6-16(20)13-18(4)11-10-17(14(2)3)19(18,21)12-9-15-7-8-15/h9,12,14-17,20-21H,7-8,10-11,13H2,1-4H3/b12-9+/t16?,17-,18-,19+/m1/s1. The first-order valence-corrected chi connectivity index (χ1v) is 8.34. The predicted molar refractivity (Wildman–Crippen MR) is 86.6 cm³/mol. The molecule has 2 aliphatic rings. The molecule has 0 aromatic heterocycles. The quantitative estimate of drug-likeness (QED) is 0.600. The number of hydrogen-bond acceptors (Lipinski definition) is 2. The van der Waals surface area contributed by atoms with E-state index < -0.39 is 11.7 Å². The van der Waals surface area contributed by atoms with Crippen LogP contribution in [0.4, 0.5) is 0 Å². The van der Waals surface area contributed by atoms with Gasteiger partial charge in [-0.25, -0.2) is 0 Å². The van der Waals surface area contributed by atoms with Crippen LogP contribution in [0.25, 0.3) is 0 Å². The molecule has 118 valence electrons. The highest BCUT2D eigenvalue weighted by Gasteiger charge is 2.56. The normalized spacial score (nSPS) is 37.8. The SMILES string of the molecule is CC#CC(O)C[C@@]1(C)CC[C@H](C(C)C)[C@@]1(O)/C=C/C1CC1. The zero-order valence-corrected chi connectivity index (χ0v) is 13.9. The minimum absolute atomic E-state index is 0.263. The van der Waals surface area contributed by atoms with Gasteiger partial charge in [-0.05, 0) is 56.8 Å². The molecule has 0 aromatic rings. The molecular weight excluding hydrogens is 260 g/mol. The molecule has 2 saturated carbocycles. The van der Waals surface area contributed by atoms with Crippen LogP contribution in [0.15, 0.2) is 12.2 Å². The minimum atomic E-state index is -0.819. The monoisotopic (exact) mass is 290 g/mol. The number of rotatable bonds is 5. The van der Waals surface area contributed by atoms with Crippen LogP contribution < -0.4 is 0 Å². The van der Waals surface area contributed by atoms with E-state index in [1.165, 1.54) is 12.8 Å². The van der Waals surface area contributed by atoms with Crippen LogP contribution in [0.3, 0.4) is 0 Å². The summed E-state index contributed by atoms with van der Waals surface area (Å²) in [7, 11) is 0. The molecule has 4 atom stereocenters. The Bertz CT molecular complexity index is 452. The van der Waals surface area contributed by atoms with Crippen molar-refractivity contribution in [2.45, 2.75) is 71.5 Å². The largest absolute Gasteiger partial charge is 0.385 e. The summed E-state index contributed by atoms with van der Waals surface area (Å²) in [6.07, 6.45) is 8.63. The van der Waals surface area contributed by atoms with Crippen molar-refractivity contribution in [3.8, 4) is 11.8 Å². The lowest BCUT2D eigenvalue weighted by atomic mass is 9.67. The van der Waals surface area contributed by atoms with Crippen molar-refractivity contribution < 1.29 is 10.2 Å². The van der Waals surface area contributed by atoms with E-state index in [0.29, 0.717) is 18.3 Å². The van der Waals surface area contributed by atoms with E-state index in [1.807, 2.05) is 0 Å². The molecule has 0 radical (unpaired) electrons. The summed E-state index contributed by atoms with van der Waals surface area (Å²) < 4.78 is 0. The molecule has 0 heterocycles. The van der Waals surface area contributed by atoms with Crippen molar-refractivity contribution in [3.63, 3.8) is 0 Å². The van der Waals surface area contributed by atoms with Gasteiger partial charge in [0.05, 0.1) is 5.60 Å². The fourth-order valence-corrected chi connectivity index (χ4v) is 3.99. The summed E-state index contributed by atoms with van der Waals surface area (Å²) in [6.45, 7) is 8.24. The van der Waals surface area contributed by atoms with Crippen LogP contribution in [0.5, 0.6) is 0 Å². The summed E-state index contributed by atoms with van der Waals surface area (Å²) >= 11 is 0. The predicted octanol–water partition coefficient (Wildman–Crippen LogP) is 3.53. The molecule has 21 heavy (non-hydrogen) atoms. The van der Waals surface area contributed by atoms with E-state index >= 15 is 0 Å². The van der Waals surface area contributed by atoms with Gasteiger partial charge in [0.25, 0.3) is 0 Å². The second-order valence-electron chi connectivity index (χ2n) is 7.59. The van der Waals surface area contributed by atoms with Gasteiger partial charge >= 0.3 is 0 Å². The van der Waals surface area contributed by atoms with Crippen molar-refractivity contribution in [1.29, 1.82) is 0 Å². The second-order valence-corrected chi connectivity index (χ2v) is 7.59. The first-order valence-electron chi connectivity index (χ1n) is 8.34. The maximum absolute atomic E-state index is 11.5. The highest BCUT2D eigenvalue weighted by molar-refractivity contribution is 5.20. The topological polar surface area (TPSA) is 40.5 Å².